The molecule has 1 unspecified atom stereocenters. The third-order valence-corrected chi connectivity index (χ3v) is 4.90. The molecule has 0 aliphatic carbocycles. The maximum absolute atomic E-state index is 12.8. The number of amides is 1. The molecule has 0 spiro atoms. The zero-order chi connectivity index (χ0) is 19.3. The number of nitrogens with zero attached hydrogens (tertiary/aromatic N) is 1. The van der Waals surface area contributed by atoms with Crippen LogP contribution >= 0.6 is 0 Å². The third-order valence-electron chi connectivity index (χ3n) is 4.31. The van der Waals surface area contributed by atoms with Crippen LogP contribution in [0.15, 0.2) is 12.1 Å². The van der Waals surface area contributed by atoms with Gasteiger partial charge in [0.25, 0.3) is 16.0 Å². The molecule has 1 amide bonds. The smallest absolute Gasteiger partial charge is 0.264 e. The molecule has 1 aliphatic rings. The van der Waals surface area contributed by atoms with Crippen molar-refractivity contribution < 1.29 is 31.6 Å². The van der Waals surface area contributed by atoms with E-state index in [-0.39, 0.29) is 18.4 Å². The highest BCUT2D eigenvalue weighted by atomic mass is 32.2. The highest BCUT2D eigenvalue weighted by Gasteiger charge is 2.28. The van der Waals surface area contributed by atoms with E-state index in [2.05, 4.69) is 0 Å². The van der Waals surface area contributed by atoms with Crippen molar-refractivity contribution in [2.45, 2.75) is 12.8 Å². The SMILES string of the molecule is COc1cc(C(=O)N2CCC(CCOS(C)(=O)=O)C2)cc(OC)c1OC. The van der Waals surface area contributed by atoms with Gasteiger partial charge in [-0.1, -0.05) is 0 Å². The molecule has 1 fully saturated rings. The van der Waals surface area contributed by atoms with Crippen LogP contribution in [0.2, 0.25) is 0 Å². The molecule has 26 heavy (non-hydrogen) atoms. The summed E-state index contributed by atoms with van der Waals surface area (Å²) < 4.78 is 42.7. The Labute approximate surface area is 154 Å². The molecule has 8 nitrogen and oxygen atoms in total. The van der Waals surface area contributed by atoms with Crippen LogP contribution in [0.1, 0.15) is 23.2 Å². The standard InChI is InChI=1S/C17H25NO7S/c1-22-14-9-13(10-15(23-2)16(14)24-3)17(19)18-7-5-12(11-18)6-8-25-26(4,20)21/h9-10,12H,5-8,11H2,1-4H3. The lowest BCUT2D eigenvalue weighted by molar-refractivity contribution is 0.0784. The first kappa shape index (κ1) is 20.3. The van der Waals surface area contributed by atoms with Crippen molar-refractivity contribution in [3.8, 4) is 17.2 Å². The highest BCUT2D eigenvalue weighted by Crippen LogP contribution is 2.38. The van der Waals surface area contributed by atoms with Gasteiger partial charge in [0.2, 0.25) is 5.75 Å². The molecule has 0 radical (unpaired) electrons. The van der Waals surface area contributed by atoms with E-state index in [1.54, 1.807) is 17.0 Å². The van der Waals surface area contributed by atoms with Crippen LogP contribution in [0.25, 0.3) is 0 Å². The molecule has 9 heteroatoms. The number of hydrogen-bond donors (Lipinski definition) is 0. The van der Waals surface area contributed by atoms with E-state index in [0.29, 0.717) is 42.3 Å². The van der Waals surface area contributed by atoms with Gasteiger partial charge in [0.1, 0.15) is 0 Å². The van der Waals surface area contributed by atoms with Gasteiger partial charge in [-0.05, 0) is 30.9 Å². The topological polar surface area (TPSA) is 91.4 Å². The number of rotatable bonds is 8. The Morgan fingerprint density at radius 2 is 1.77 bits per heavy atom. The predicted octanol–water partition coefficient (Wildman–Crippen LogP) is 1.54. The van der Waals surface area contributed by atoms with Crippen LogP contribution < -0.4 is 14.2 Å². The first-order valence-electron chi connectivity index (χ1n) is 8.22. The Morgan fingerprint density at radius 1 is 1.15 bits per heavy atom. The average Bonchev–Trinajstić information content (AvgIpc) is 3.07. The summed E-state index contributed by atoms with van der Waals surface area (Å²) in [4.78, 5) is 14.6. The van der Waals surface area contributed by atoms with E-state index in [1.807, 2.05) is 0 Å². The molecule has 0 N–H and O–H groups in total. The lowest BCUT2D eigenvalue weighted by atomic mass is 10.1. The zero-order valence-corrected chi connectivity index (χ0v) is 16.3. The van der Waals surface area contributed by atoms with Crippen LogP contribution in [0, 0.1) is 5.92 Å². The minimum atomic E-state index is -3.43. The summed E-state index contributed by atoms with van der Waals surface area (Å²) in [6.45, 7) is 1.30. The summed E-state index contributed by atoms with van der Waals surface area (Å²) in [6, 6.07) is 3.26. The minimum absolute atomic E-state index is 0.129. The number of likely N-dealkylation sites (tertiary alicyclic amines) is 1. The second kappa shape index (κ2) is 8.59. The lowest BCUT2D eigenvalue weighted by Gasteiger charge is -2.19. The van der Waals surface area contributed by atoms with E-state index < -0.39 is 10.1 Å². The number of benzene rings is 1. The molecular formula is C17H25NO7S. The average molecular weight is 387 g/mol. The first-order valence-corrected chi connectivity index (χ1v) is 10.0. The van der Waals surface area contributed by atoms with Gasteiger partial charge in [-0.25, -0.2) is 0 Å². The number of carbonyl (C=O) groups excluding carboxylic acids is 1. The van der Waals surface area contributed by atoms with Crippen LogP contribution in [0.4, 0.5) is 0 Å². The molecule has 146 valence electrons. The van der Waals surface area contributed by atoms with E-state index in [1.165, 1.54) is 21.3 Å². The van der Waals surface area contributed by atoms with E-state index in [4.69, 9.17) is 18.4 Å². The van der Waals surface area contributed by atoms with Crippen LogP contribution in [-0.4, -0.2) is 66.5 Å². The van der Waals surface area contributed by atoms with Crippen LogP contribution in [0.5, 0.6) is 17.2 Å². The molecule has 0 aromatic heterocycles. The van der Waals surface area contributed by atoms with Gasteiger partial charge in [-0.15, -0.1) is 0 Å². The summed E-state index contributed by atoms with van der Waals surface area (Å²) in [6.07, 6.45) is 2.43. The molecule has 2 rings (SSSR count). The summed E-state index contributed by atoms with van der Waals surface area (Å²) in [5, 5.41) is 0. The zero-order valence-electron chi connectivity index (χ0n) is 15.5. The fourth-order valence-electron chi connectivity index (χ4n) is 3.01. The Hall–Kier alpha value is -2.00. The number of carbonyl (C=O) groups is 1. The van der Waals surface area contributed by atoms with Crippen molar-refractivity contribution in [1.82, 2.24) is 4.90 Å². The van der Waals surface area contributed by atoms with Gasteiger partial charge in [0.15, 0.2) is 11.5 Å². The fraction of sp³-hybridized carbons (Fsp3) is 0.588. The molecule has 1 heterocycles. The molecule has 1 aliphatic heterocycles. The molecule has 0 bridgehead atoms. The molecule has 1 aromatic rings. The van der Waals surface area contributed by atoms with Crippen molar-refractivity contribution in [1.29, 1.82) is 0 Å². The van der Waals surface area contributed by atoms with Crippen molar-refractivity contribution in [2.75, 3.05) is 47.3 Å². The van der Waals surface area contributed by atoms with Gasteiger partial charge < -0.3 is 19.1 Å². The van der Waals surface area contributed by atoms with Gasteiger partial charge in [0.05, 0.1) is 34.2 Å². The summed E-state index contributed by atoms with van der Waals surface area (Å²) in [7, 11) is 1.07. The number of hydrogen-bond acceptors (Lipinski definition) is 7. The molecule has 1 aromatic carbocycles. The normalized spacial score (nSPS) is 17.2. The summed E-state index contributed by atoms with van der Waals surface area (Å²) >= 11 is 0. The Kier molecular flexibility index (Phi) is 6.71. The largest absolute Gasteiger partial charge is 0.493 e. The van der Waals surface area contributed by atoms with Crippen molar-refractivity contribution in [3.05, 3.63) is 17.7 Å². The monoisotopic (exact) mass is 387 g/mol. The second-order valence-corrected chi connectivity index (χ2v) is 7.78. The number of methoxy groups -OCH3 is 3. The van der Waals surface area contributed by atoms with Gasteiger partial charge in [-0.2, -0.15) is 8.42 Å². The van der Waals surface area contributed by atoms with Crippen LogP contribution in [0.3, 0.4) is 0 Å². The van der Waals surface area contributed by atoms with E-state index >= 15 is 0 Å². The lowest BCUT2D eigenvalue weighted by Crippen LogP contribution is -2.29. The van der Waals surface area contributed by atoms with Gasteiger partial charge in [-0.3, -0.25) is 8.98 Å². The second-order valence-electron chi connectivity index (χ2n) is 6.13. The van der Waals surface area contributed by atoms with Gasteiger partial charge >= 0.3 is 0 Å². The maximum atomic E-state index is 12.8. The predicted molar refractivity (Wildman–Crippen MR) is 95.5 cm³/mol. The van der Waals surface area contributed by atoms with Crippen molar-refractivity contribution >= 4 is 16.0 Å². The summed E-state index contributed by atoms with van der Waals surface area (Å²) in [5.41, 5.74) is 0.451. The summed E-state index contributed by atoms with van der Waals surface area (Å²) in [5.74, 6) is 1.36. The van der Waals surface area contributed by atoms with Crippen LogP contribution in [-0.2, 0) is 14.3 Å². The Bertz CT molecular complexity index is 722. The van der Waals surface area contributed by atoms with Gasteiger partial charge in [0, 0.05) is 18.7 Å². The van der Waals surface area contributed by atoms with E-state index in [9.17, 15) is 13.2 Å². The maximum Gasteiger partial charge on any atom is 0.264 e. The highest BCUT2D eigenvalue weighted by molar-refractivity contribution is 7.85. The number of ether oxygens (including phenoxy) is 3. The Balaban J connectivity index is 2.05. The molecule has 1 saturated heterocycles. The first-order chi connectivity index (χ1) is 12.3. The minimum Gasteiger partial charge on any atom is -0.493 e. The van der Waals surface area contributed by atoms with Crippen molar-refractivity contribution in [2.24, 2.45) is 5.92 Å². The van der Waals surface area contributed by atoms with E-state index in [0.717, 1.165) is 12.7 Å². The Morgan fingerprint density at radius 3 is 2.27 bits per heavy atom. The molecule has 0 saturated carbocycles. The third kappa shape index (κ3) is 5.01. The molecule has 1 atom stereocenters. The van der Waals surface area contributed by atoms with Crippen molar-refractivity contribution in [3.63, 3.8) is 0 Å². The quantitative estimate of drug-likeness (QED) is 0.625. The fourth-order valence-corrected chi connectivity index (χ4v) is 3.41. The molecular weight excluding hydrogens is 362 g/mol.